The molecule has 0 fully saturated rings. The van der Waals surface area contributed by atoms with Crippen LogP contribution in [0.4, 0.5) is 0 Å². The maximum Gasteiger partial charge on any atom is 0.326 e. The molecular formula is C51H81N15O15S. The molecule has 9 atom stereocenters. The van der Waals surface area contributed by atoms with Gasteiger partial charge in [-0.15, -0.1) is 0 Å². The third-order valence-electron chi connectivity index (χ3n) is 12.2. The summed E-state index contributed by atoms with van der Waals surface area (Å²) in [6.07, 6.45) is 1.09. The van der Waals surface area contributed by atoms with Gasteiger partial charge in [0, 0.05) is 43.5 Å². The van der Waals surface area contributed by atoms with Crippen LogP contribution < -0.4 is 65.1 Å². The van der Waals surface area contributed by atoms with Gasteiger partial charge in [-0.25, -0.2) is 9.78 Å². The molecule has 1 aromatic heterocycles. The molecule has 0 saturated heterocycles. The Morgan fingerprint density at radius 1 is 0.634 bits per heavy atom. The number of amides is 9. The number of hydrogen-bond acceptors (Lipinski definition) is 17. The zero-order valence-corrected chi connectivity index (χ0v) is 47.6. The summed E-state index contributed by atoms with van der Waals surface area (Å²) in [5, 5.41) is 60.9. The van der Waals surface area contributed by atoms with E-state index in [1.54, 1.807) is 27.7 Å². The molecule has 82 heavy (non-hydrogen) atoms. The number of carbonyl (C=O) groups excluding carboxylic acids is 9. The number of nitrogens with zero attached hydrogens (tertiary/aromatic N) is 2. The van der Waals surface area contributed by atoms with Gasteiger partial charge in [0.1, 0.15) is 60.1 Å². The number of carboxylic acid groups (broad SMARTS) is 2. The topological polar surface area (TPSA) is 496 Å². The van der Waals surface area contributed by atoms with Crippen molar-refractivity contribution in [2.24, 2.45) is 39.9 Å². The number of guanidine groups is 1. The number of nitrogens with one attached hydrogen (secondary N) is 10. The van der Waals surface area contributed by atoms with Gasteiger partial charge in [-0.05, 0) is 67.6 Å². The molecule has 1 heterocycles. The zero-order valence-electron chi connectivity index (χ0n) is 46.7. The van der Waals surface area contributed by atoms with Crippen LogP contribution in [0, 0.1) is 17.8 Å². The van der Waals surface area contributed by atoms with Gasteiger partial charge in [0.05, 0.1) is 19.5 Å². The van der Waals surface area contributed by atoms with Crippen LogP contribution in [0.15, 0.2) is 41.8 Å². The van der Waals surface area contributed by atoms with Gasteiger partial charge in [0.25, 0.3) is 0 Å². The number of aromatic amines is 1. The minimum atomic E-state index is -1.62. The Hall–Kier alpha value is -8.06. The molecule has 30 nitrogen and oxygen atoms in total. The molecule has 2 aromatic rings. The zero-order chi connectivity index (χ0) is 61.8. The number of aromatic hydroxyl groups is 1. The van der Waals surface area contributed by atoms with Gasteiger partial charge in [0.15, 0.2) is 5.96 Å². The van der Waals surface area contributed by atoms with Crippen LogP contribution in [0.2, 0.25) is 0 Å². The van der Waals surface area contributed by atoms with Crippen LogP contribution in [0.5, 0.6) is 5.75 Å². The van der Waals surface area contributed by atoms with E-state index in [1.807, 2.05) is 0 Å². The molecule has 0 unspecified atom stereocenters. The first-order valence-corrected chi connectivity index (χ1v) is 27.1. The number of aliphatic carboxylic acids is 2. The van der Waals surface area contributed by atoms with Gasteiger partial charge < -0.3 is 90.5 Å². The van der Waals surface area contributed by atoms with Crippen LogP contribution in [-0.2, 0) is 65.6 Å². The summed E-state index contributed by atoms with van der Waals surface area (Å²) in [4.78, 5) is 157. The van der Waals surface area contributed by atoms with Crippen molar-refractivity contribution in [1.82, 2.24) is 57.8 Å². The average Bonchev–Trinajstić information content (AvgIpc) is 3.94. The number of phenols is 1. The minimum absolute atomic E-state index is 0.0242. The van der Waals surface area contributed by atoms with Crippen LogP contribution in [0.1, 0.15) is 91.3 Å². The van der Waals surface area contributed by atoms with Crippen molar-refractivity contribution >= 4 is 83.7 Å². The number of aliphatic hydroxyl groups excluding tert-OH is 1. The molecule has 0 saturated carbocycles. The first-order valence-electron chi connectivity index (χ1n) is 26.5. The molecule has 0 radical (unpaired) electrons. The lowest BCUT2D eigenvalue weighted by atomic mass is 10.00. The Kier molecular flexibility index (Phi) is 30.4. The predicted molar refractivity (Wildman–Crippen MR) is 300 cm³/mol. The molecular weight excluding hydrogens is 1090 g/mol. The molecule has 9 amide bonds. The van der Waals surface area contributed by atoms with E-state index in [2.05, 4.69) is 75.4 Å². The number of H-pyrrole nitrogens is 1. The van der Waals surface area contributed by atoms with Crippen molar-refractivity contribution in [1.29, 1.82) is 0 Å². The number of hydrogen-bond donors (Lipinski definition) is 18. The molecule has 0 aliphatic carbocycles. The lowest BCUT2D eigenvalue weighted by Gasteiger charge is -2.27. The third kappa shape index (κ3) is 26.0. The Bertz CT molecular complexity index is 2490. The number of imidazole rings is 1. The van der Waals surface area contributed by atoms with Gasteiger partial charge in [0.2, 0.25) is 53.2 Å². The van der Waals surface area contributed by atoms with E-state index in [1.165, 1.54) is 50.6 Å². The molecule has 0 aliphatic rings. The molecule has 456 valence electrons. The average molecular weight is 1180 g/mol. The Morgan fingerprint density at radius 3 is 1.62 bits per heavy atom. The van der Waals surface area contributed by atoms with Gasteiger partial charge in [-0.1, -0.05) is 53.7 Å². The molecule has 0 spiro atoms. The number of phenolic OH excluding ortho intramolecular Hbond substituents is 1. The number of rotatable bonds is 37. The fourth-order valence-electron chi connectivity index (χ4n) is 7.84. The van der Waals surface area contributed by atoms with Gasteiger partial charge >= 0.3 is 11.9 Å². The van der Waals surface area contributed by atoms with Crippen molar-refractivity contribution in [3.05, 3.63) is 48.0 Å². The second-order valence-electron chi connectivity index (χ2n) is 20.5. The highest BCUT2D eigenvalue weighted by molar-refractivity contribution is 7.80. The molecule has 1 aromatic carbocycles. The van der Waals surface area contributed by atoms with E-state index in [9.17, 15) is 73.2 Å². The summed E-state index contributed by atoms with van der Waals surface area (Å²) in [5.74, 6) is -12.4. The predicted octanol–water partition coefficient (Wildman–Crippen LogP) is -4.10. The summed E-state index contributed by atoms with van der Waals surface area (Å²) < 4.78 is 0. The highest BCUT2D eigenvalue weighted by Crippen LogP contribution is 2.14. The highest BCUT2D eigenvalue weighted by Gasteiger charge is 2.35. The normalized spacial score (nSPS) is 14.4. The van der Waals surface area contributed by atoms with Crippen molar-refractivity contribution < 1.29 is 73.2 Å². The summed E-state index contributed by atoms with van der Waals surface area (Å²) >= 11 is 4.23. The number of benzene rings is 1. The molecule has 0 aliphatic heterocycles. The summed E-state index contributed by atoms with van der Waals surface area (Å²) in [5.41, 5.74) is 17.3. The first-order chi connectivity index (χ1) is 38.5. The van der Waals surface area contributed by atoms with Crippen molar-refractivity contribution in [3.63, 3.8) is 0 Å². The second-order valence-corrected chi connectivity index (χ2v) is 20.9. The minimum Gasteiger partial charge on any atom is -0.508 e. The first kappa shape index (κ1) is 70.0. The SMILES string of the molecule is CC(C)C[C@H](NC(=O)[C@H](CC(C)C)NC(=O)[C@@H](N)CO)C(=O)NCC(=O)N[C@@H](CS)C(=O)N[C@@H](CCCN=C(N)N)C(=O)N[C@@H](Cc1cnc[nH]1)C(=O)N[C@@H](Cc1ccc(O)cc1)C(=O)N[C@@H](CCC(=O)O)C(=O)N[C@H](C(=O)O)C(C)C. The van der Waals surface area contributed by atoms with E-state index < -0.39 is 151 Å². The maximum atomic E-state index is 14.5. The summed E-state index contributed by atoms with van der Waals surface area (Å²) in [6, 6.07) is -7.23. The van der Waals surface area contributed by atoms with E-state index in [0.717, 1.165) is 0 Å². The lowest BCUT2D eigenvalue weighted by molar-refractivity contribution is -0.144. The van der Waals surface area contributed by atoms with E-state index >= 15 is 0 Å². The number of carbonyl (C=O) groups is 11. The van der Waals surface area contributed by atoms with Crippen LogP contribution in [0.25, 0.3) is 0 Å². The fourth-order valence-corrected chi connectivity index (χ4v) is 8.10. The monoisotopic (exact) mass is 1180 g/mol. The summed E-state index contributed by atoms with van der Waals surface area (Å²) in [6.45, 7) is 8.83. The Labute approximate surface area is 479 Å². The number of aromatic nitrogens is 2. The largest absolute Gasteiger partial charge is 0.508 e. The fraction of sp³-hybridized carbons (Fsp3) is 0.588. The standard InChI is InChI=1S/C51H81N15O15S/c1-25(2)16-34(63-46(76)35(17-26(3)4)62-42(72)31(52)22-67)43(73)57-21-39(69)59-38(23-82)49(79)60-32(8-7-15-56-51(53)54)44(74)65-37(19-29-20-55-24-58-29)48(78)64-36(18-28-9-11-30(68)12-10-28)47(77)61-33(13-14-40(70)71)45(75)66-41(27(5)6)50(80)81/h9-12,20,24-27,31-38,41,67-68,82H,7-8,13-19,21-23,52H2,1-6H3,(H,55,58)(H,57,73)(H,59,69)(H,60,79)(H,61,77)(H,62,72)(H,63,76)(H,64,78)(H,65,74)(H,66,75)(H,70,71)(H,80,81)(H4,53,54,56)/t31-,32-,33-,34-,35-,36-,37-,38-,41-/m0/s1. The number of thiol groups is 1. The molecule has 0 bridgehead atoms. The quantitative estimate of drug-likeness (QED) is 0.0132. The molecule has 20 N–H and O–H groups in total. The van der Waals surface area contributed by atoms with Crippen LogP contribution >= 0.6 is 12.6 Å². The molecule has 31 heteroatoms. The lowest BCUT2D eigenvalue weighted by Crippen LogP contribution is -2.60. The van der Waals surface area contributed by atoms with Crippen molar-refractivity contribution in [3.8, 4) is 5.75 Å². The number of carboxylic acids is 2. The maximum absolute atomic E-state index is 14.5. The van der Waals surface area contributed by atoms with E-state index in [0.29, 0.717) is 11.3 Å². The highest BCUT2D eigenvalue weighted by atomic mass is 32.1. The van der Waals surface area contributed by atoms with Crippen LogP contribution in [-0.4, -0.2) is 181 Å². The second kappa shape index (κ2) is 35.6. The van der Waals surface area contributed by atoms with Crippen molar-refractivity contribution in [2.75, 3.05) is 25.4 Å². The van der Waals surface area contributed by atoms with Crippen molar-refractivity contribution in [2.45, 2.75) is 147 Å². The Balaban J connectivity index is 2.44. The van der Waals surface area contributed by atoms with E-state index in [-0.39, 0.29) is 74.4 Å². The Morgan fingerprint density at radius 2 is 1.12 bits per heavy atom. The van der Waals surface area contributed by atoms with Gasteiger partial charge in [-0.3, -0.25) is 52.9 Å². The summed E-state index contributed by atoms with van der Waals surface area (Å²) in [7, 11) is 0. The van der Waals surface area contributed by atoms with Crippen LogP contribution in [0.3, 0.4) is 0 Å². The number of aliphatic imine (C=N–C) groups is 1. The smallest absolute Gasteiger partial charge is 0.326 e. The third-order valence-corrected chi connectivity index (χ3v) is 12.5. The van der Waals surface area contributed by atoms with E-state index in [4.69, 9.17) is 17.2 Å². The number of nitrogens with two attached hydrogens (primary N) is 3. The van der Waals surface area contributed by atoms with Gasteiger partial charge in [-0.2, -0.15) is 12.6 Å². The number of aliphatic hydroxyl groups is 1. The molecule has 2 rings (SSSR count).